The van der Waals surface area contributed by atoms with E-state index in [0.29, 0.717) is 18.0 Å². The van der Waals surface area contributed by atoms with Crippen LogP contribution in [0.25, 0.3) is 0 Å². The monoisotopic (exact) mass is 407 g/mol. The summed E-state index contributed by atoms with van der Waals surface area (Å²) in [7, 11) is 2.52. The van der Waals surface area contributed by atoms with E-state index >= 15 is 0 Å². The minimum Gasteiger partial charge on any atom is -0.493 e. The van der Waals surface area contributed by atoms with Crippen LogP contribution >= 0.6 is 15.9 Å². The third-order valence-electron chi connectivity index (χ3n) is 3.38. The van der Waals surface area contributed by atoms with Gasteiger partial charge in [0.25, 0.3) is 0 Å². The standard InChI is InChI=1S/C18H18BrNO5/c1-4-25-15-11-12(8-9-14(15)19)20-10-6-5-7-13(17(21)23-2)16(20)18(22)24-3/h5-11H,4H2,1-3H3. The van der Waals surface area contributed by atoms with Crippen molar-refractivity contribution in [2.75, 3.05) is 25.7 Å². The maximum atomic E-state index is 12.4. The van der Waals surface area contributed by atoms with Gasteiger partial charge in [-0.15, -0.1) is 0 Å². The van der Waals surface area contributed by atoms with Gasteiger partial charge in [-0.3, -0.25) is 0 Å². The van der Waals surface area contributed by atoms with Gasteiger partial charge in [0.15, 0.2) is 0 Å². The first-order valence-electron chi connectivity index (χ1n) is 7.50. The van der Waals surface area contributed by atoms with Gasteiger partial charge in [-0.1, -0.05) is 6.08 Å². The van der Waals surface area contributed by atoms with E-state index in [0.717, 1.165) is 4.47 Å². The fraction of sp³-hybridized carbons (Fsp3) is 0.222. The molecule has 2 rings (SSSR count). The Kier molecular flexibility index (Phi) is 6.41. The molecule has 25 heavy (non-hydrogen) atoms. The number of carbonyl (C=O) groups excluding carboxylic acids is 2. The van der Waals surface area contributed by atoms with Crippen LogP contribution in [-0.2, 0) is 19.1 Å². The predicted octanol–water partition coefficient (Wildman–Crippen LogP) is 3.34. The molecule has 0 N–H and O–H groups in total. The molecule has 0 saturated heterocycles. The molecule has 0 spiro atoms. The molecule has 0 aromatic heterocycles. The molecule has 0 aliphatic carbocycles. The number of ether oxygens (including phenoxy) is 3. The Bertz CT molecular complexity index is 767. The second-order valence-corrected chi connectivity index (χ2v) is 5.72. The number of hydrogen-bond donors (Lipinski definition) is 0. The van der Waals surface area contributed by atoms with Crippen LogP contribution in [0, 0.1) is 0 Å². The Morgan fingerprint density at radius 3 is 2.48 bits per heavy atom. The molecule has 0 radical (unpaired) electrons. The molecule has 0 bridgehead atoms. The summed E-state index contributed by atoms with van der Waals surface area (Å²) >= 11 is 3.42. The van der Waals surface area contributed by atoms with Gasteiger partial charge in [-0.25, -0.2) is 9.59 Å². The number of esters is 2. The molecule has 0 saturated carbocycles. The Labute approximate surface area is 154 Å². The van der Waals surface area contributed by atoms with Crippen LogP contribution in [-0.4, -0.2) is 32.8 Å². The second-order valence-electron chi connectivity index (χ2n) is 4.86. The Balaban J connectivity index is 2.62. The van der Waals surface area contributed by atoms with Crippen LogP contribution in [0.1, 0.15) is 6.92 Å². The summed E-state index contributed by atoms with van der Waals surface area (Å²) in [4.78, 5) is 26.1. The van der Waals surface area contributed by atoms with E-state index in [1.807, 2.05) is 6.92 Å². The van der Waals surface area contributed by atoms with Gasteiger partial charge >= 0.3 is 11.9 Å². The first-order valence-corrected chi connectivity index (χ1v) is 8.30. The largest absolute Gasteiger partial charge is 0.493 e. The van der Waals surface area contributed by atoms with E-state index in [9.17, 15) is 9.59 Å². The molecule has 0 atom stereocenters. The SMILES string of the molecule is CCOc1cc(N2C=CC=CC(C(=O)OC)=C2C(=O)OC)ccc1Br. The Morgan fingerprint density at radius 2 is 1.84 bits per heavy atom. The Morgan fingerprint density at radius 1 is 1.12 bits per heavy atom. The fourth-order valence-corrected chi connectivity index (χ4v) is 2.63. The summed E-state index contributed by atoms with van der Waals surface area (Å²) in [5, 5.41) is 0. The molecule has 1 heterocycles. The van der Waals surface area contributed by atoms with Gasteiger partial charge < -0.3 is 19.1 Å². The van der Waals surface area contributed by atoms with Crippen LogP contribution in [0.15, 0.2) is 58.4 Å². The van der Waals surface area contributed by atoms with Crippen molar-refractivity contribution in [3.8, 4) is 5.75 Å². The highest BCUT2D eigenvalue weighted by Crippen LogP contribution is 2.33. The molecule has 0 fully saturated rings. The first-order chi connectivity index (χ1) is 12.0. The van der Waals surface area contributed by atoms with E-state index < -0.39 is 11.9 Å². The number of nitrogens with zero attached hydrogens (tertiary/aromatic N) is 1. The van der Waals surface area contributed by atoms with Crippen molar-refractivity contribution in [1.82, 2.24) is 0 Å². The molecule has 6 nitrogen and oxygen atoms in total. The van der Waals surface area contributed by atoms with Crippen LogP contribution in [0.4, 0.5) is 5.69 Å². The van der Waals surface area contributed by atoms with E-state index in [1.54, 1.807) is 41.5 Å². The zero-order valence-electron chi connectivity index (χ0n) is 14.1. The Hall–Kier alpha value is -2.54. The summed E-state index contributed by atoms with van der Waals surface area (Å²) in [6.45, 7) is 2.37. The number of methoxy groups -OCH3 is 2. The average Bonchev–Trinajstić information content (AvgIpc) is 2.85. The smallest absolute Gasteiger partial charge is 0.355 e. The van der Waals surface area contributed by atoms with Crippen molar-refractivity contribution >= 4 is 33.6 Å². The molecule has 1 aromatic rings. The number of hydrogen-bond acceptors (Lipinski definition) is 6. The summed E-state index contributed by atoms with van der Waals surface area (Å²) < 4.78 is 16.0. The number of allylic oxidation sites excluding steroid dienone is 2. The fourth-order valence-electron chi connectivity index (χ4n) is 2.27. The summed E-state index contributed by atoms with van der Waals surface area (Å²) in [5.74, 6) is -0.667. The van der Waals surface area contributed by atoms with Crippen molar-refractivity contribution in [1.29, 1.82) is 0 Å². The van der Waals surface area contributed by atoms with E-state index in [1.165, 1.54) is 20.3 Å². The highest BCUT2D eigenvalue weighted by Gasteiger charge is 2.27. The highest BCUT2D eigenvalue weighted by molar-refractivity contribution is 9.10. The number of halogens is 1. The van der Waals surface area contributed by atoms with Crippen molar-refractivity contribution < 1.29 is 23.8 Å². The third-order valence-corrected chi connectivity index (χ3v) is 4.04. The van der Waals surface area contributed by atoms with Crippen LogP contribution in [0.2, 0.25) is 0 Å². The van der Waals surface area contributed by atoms with Crippen molar-refractivity contribution in [3.05, 3.63) is 58.4 Å². The molecule has 0 amide bonds. The van der Waals surface area contributed by atoms with Gasteiger partial charge in [-0.2, -0.15) is 0 Å². The van der Waals surface area contributed by atoms with Gasteiger partial charge in [0, 0.05) is 18.0 Å². The number of anilines is 1. The minimum atomic E-state index is -0.655. The zero-order valence-corrected chi connectivity index (χ0v) is 15.7. The zero-order chi connectivity index (χ0) is 18.4. The maximum absolute atomic E-state index is 12.4. The quantitative estimate of drug-likeness (QED) is 0.697. The van der Waals surface area contributed by atoms with E-state index in [-0.39, 0.29) is 11.3 Å². The molecule has 1 aromatic carbocycles. The molecular weight excluding hydrogens is 390 g/mol. The van der Waals surface area contributed by atoms with Gasteiger partial charge in [0.2, 0.25) is 0 Å². The topological polar surface area (TPSA) is 65.1 Å². The number of carbonyl (C=O) groups is 2. The van der Waals surface area contributed by atoms with Gasteiger partial charge in [0.05, 0.1) is 30.9 Å². The van der Waals surface area contributed by atoms with Crippen LogP contribution in [0.3, 0.4) is 0 Å². The highest BCUT2D eigenvalue weighted by atomic mass is 79.9. The van der Waals surface area contributed by atoms with Crippen molar-refractivity contribution in [2.45, 2.75) is 6.92 Å². The molecule has 7 heteroatoms. The molecule has 0 unspecified atom stereocenters. The molecule has 132 valence electrons. The lowest BCUT2D eigenvalue weighted by Crippen LogP contribution is -2.27. The third kappa shape index (κ3) is 4.11. The average molecular weight is 408 g/mol. The number of rotatable bonds is 5. The number of benzene rings is 1. The summed E-state index contributed by atoms with van der Waals surface area (Å²) in [6.07, 6.45) is 6.54. The van der Waals surface area contributed by atoms with Crippen molar-refractivity contribution in [2.24, 2.45) is 0 Å². The lowest BCUT2D eigenvalue weighted by Gasteiger charge is -2.23. The van der Waals surface area contributed by atoms with Crippen molar-refractivity contribution in [3.63, 3.8) is 0 Å². The molecule has 1 aliphatic rings. The lowest BCUT2D eigenvalue weighted by atomic mass is 10.1. The van der Waals surface area contributed by atoms with Crippen LogP contribution < -0.4 is 9.64 Å². The second kappa shape index (κ2) is 8.53. The van der Waals surface area contributed by atoms with Crippen LogP contribution in [0.5, 0.6) is 5.75 Å². The van der Waals surface area contributed by atoms with E-state index in [2.05, 4.69) is 15.9 Å². The normalized spacial score (nSPS) is 13.5. The summed E-state index contributed by atoms with van der Waals surface area (Å²) in [5.41, 5.74) is 0.790. The molecular formula is C18H18BrNO5. The van der Waals surface area contributed by atoms with Gasteiger partial charge in [0.1, 0.15) is 11.4 Å². The maximum Gasteiger partial charge on any atom is 0.355 e. The molecule has 1 aliphatic heterocycles. The lowest BCUT2D eigenvalue weighted by molar-refractivity contribution is -0.139. The van der Waals surface area contributed by atoms with E-state index in [4.69, 9.17) is 14.2 Å². The first kappa shape index (κ1) is 18.8. The van der Waals surface area contributed by atoms with Gasteiger partial charge in [-0.05, 0) is 47.1 Å². The minimum absolute atomic E-state index is 0.0594. The summed E-state index contributed by atoms with van der Waals surface area (Å²) in [6, 6.07) is 5.36. The predicted molar refractivity (Wildman–Crippen MR) is 97.1 cm³/mol.